The lowest BCUT2D eigenvalue weighted by atomic mass is 10.1. The molecule has 0 aliphatic carbocycles. The molecule has 1 heterocycles. The summed E-state index contributed by atoms with van der Waals surface area (Å²) in [5, 5.41) is 1.06. The summed E-state index contributed by atoms with van der Waals surface area (Å²) >= 11 is 1.79. The number of hydrogen-bond donors (Lipinski definition) is 0. The number of fused-ring (bicyclic) bond motifs is 1. The van der Waals surface area contributed by atoms with E-state index in [2.05, 4.69) is 54.0 Å². The molecule has 0 unspecified atom stereocenters. The van der Waals surface area contributed by atoms with Crippen LogP contribution in [0.5, 0.6) is 0 Å². The van der Waals surface area contributed by atoms with Crippen molar-refractivity contribution in [3.63, 3.8) is 0 Å². The maximum absolute atomic E-state index is 5.24. The van der Waals surface area contributed by atoms with Crippen molar-refractivity contribution in [2.75, 3.05) is 13.7 Å². The van der Waals surface area contributed by atoms with Crippen LogP contribution in [0.15, 0.2) is 53.7 Å². The minimum atomic E-state index is 0.693. The van der Waals surface area contributed by atoms with Crippen LogP contribution >= 0.6 is 11.8 Å². The fraction of sp³-hybridized carbons (Fsp3) is 0.278. The Morgan fingerprint density at radius 3 is 2.68 bits per heavy atom. The van der Waals surface area contributed by atoms with E-state index in [4.69, 9.17) is 9.72 Å². The predicted octanol–water partition coefficient (Wildman–Crippen LogP) is 4.28. The van der Waals surface area contributed by atoms with Crippen LogP contribution in [0.3, 0.4) is 0 Å². The first-order chi connectivity index (χ1) is 10.8. The van der Waals surface area contributed by atoms with Crippen molar-refractivity contribution in [3.8, 4) is 0 Å². The minimum Gasteiger partial charge on any atom is -0.383 e. The SMILES string of the molecule is COCCn1c(SCc2ccccc2C)nc2ccccc21. The summed E-state index contributed by atoms with van der Waals surface area (Å²) in [6, 6.07) is 16.8. The molecule has 0 N–H and O–H groups in total. The predicted molar refractivity (Wildman–Crippen MR) is 92.3 cm³/mol. The van der Waals surface area contributed by atoms with E-state index in [1.807, 2.05) is 6.07 Å². The second-order valence-corrected chi connectivity index (χ2v) is 6.19. The van der Waals surface area contributed by atoms with Gasteiger partial charge in [0.25, 0.3) is 0 Å². The summed E-state index contributed by atoms with van der Waals surface area (Å²) in [5.41, 5.74) is 4.91. The third-order valence-electron chi connectivity index (χ3n) is 3.76. The second kappa shape index (κ2) is 6.99. The van der Waals surface area contributed by atoms with Crippen LogP contribution in [0.2, 0.25) is 0 Å². The molecule has 1 aromatic heterocycles. The first kappa shape index (κ1) is 15.1. The zero-order chi connectivity index (χ0) is 15.4. The van der Waals surface area contributed by atoms with E-state index in [9.17, 15) is 0 Å². The van der Waals surface area contributed by atoms with E-state index in [1.165, 1.54) is 16.6 Å². The molecule has 0 spiro atoms. The summed E-state index contributed by atoms with van der Waals surface area (Å²) in [7, 11) is 1.74. The molecule has 0 aliphatic rings. The molecular formula is C18H20N2OS. The molecule has 0 amide bonds. The zero-order valence-corrected chi connectivity index (χ0v) is 13.8. The molecule has 3 nitrogen and oxygen atoms in total. The fourth-order valence-electron chi connectivity index (χ4n) is 2.48. The first-order valence-electron chi connectivity index (χ1n) is 7.41. The van der Waals surface area contributed by atoms with Gasteiger partial charge in [0, 0.05) is 19.4 Å². The van der Waals surface area contributed by atoms with Gasteiger partial charge in [-0.15, -0.1) is 0 Å². The van der Waals surface area contributed by atoms with Crippen molar-refractivity contribution in [1.82, 2.24) is 9.55 Å². The Morgan fingerprint density at radius 2 is 1.86 bits per heavy atom. The fourth-order valence-corrected chi connectivity index (χ4v) is 3.59. The maximum Gasteiger partial charge on any atom is 0.169 e. The average Bonchev–Trinajstić information content (AvgIpc) is 2.90. The molecule has 0 bridgehead atoms. The van der Waals surface area contributed by atoms with Gasteiger partial charge in [-0.2, -0.15) is 0 Å². The highest BCUT2D eigenvalue weighted by atomic mass is 32.2. The number of benzene rings is 2. The smallest absolute Gasteiger partial charge is 0.169 e. The molecule has 0 fully saturated rings. The Hall–Kier alpha value is -1.78. The molecule has 0 atom stereocenters. The minimum absolute atomic E-state index is 0.693. The van der Waals surface area contributed by atoms with Crippen LogP contribution in [-0.4, -0.2) is 23.3 Å². The van der Waals surface area contributed by atoms with Crippen LogP contribution in [0.25, 0.3) is 11.0 Å². The third kappa shape index (κ3) is 3.18. The van der Waals surface area contributed by atoms with Gasteiger partial charge in [0.05, 0.1) is 17.6 Å². The molecule has 0 aliphatic heterocycles. The molecular weight excluding hydrogens is 292 g/mol. The molecule has 3 aromatic rings. The van der Waals surface area contributed by atoms with E-state index in [-0.39, 0.29) is 0 Å². The highest BCUT2D eigenvalue weighted by Gasteiger charge is 2.11. The van der Waals surface area contributed by atoms with Crippen molar-refractivity contribution in [3.05, 3.63) is 59.7 Å². The number of para-hydroxylation sites is 2. The number of ether oxygens (including phenoxy) is 1. The lowest BCUT2D eigenvalue weighted by Crippen LogP contribution is -2.05. The van der Waals surface area contributed by atoms with Gasteiger partial charge in [0.2, 0.25) is 0 Å². The molecule has 2 aromatic carbocycles. The van der Waals surface area contributed by atoms with Crippen molar-refractivity contribution in [2.45, 2.75) is 24.4 Å². The van der Waals surface area contributed by atoms with Gasteiger partial charge in [0.15, 0.2) is 5.16 Å². The second-order valence-electron chi connectivity index (χ2n) is 5.24. The topological polar surface area (TPSA) is 27.1 Å². The van der Waals surface area contributed by atoms with Gasteiger partial charge >= 0.3 is 0 Å². The van der Waals surface area contributed by atoms with E-state index in [0.29, 0.717) is 6.61 Å². The van der Waals surface area contributed by atoms with E-state index < -0.39 is 0 Å². The molecule has 4 heteroatoms. The summed E-state index contributed by atoms with van der Waals surface area (Å²) in [5.74, 6) is 0.934. The van der Waals surface area contributed by atoms with Crippen molar-refractivity contribution >= 4 is 22.8 Å². The number of hydrogen-bond acceptors (Lipinski definition) is 3. The Morgan fingerprint density at radius 1 is 1.09 bits per heavy atom. The van der Waals surface area contributed by atoms with Crippen LogP contribution in [0.4, 0.5) is 0 Å². The molecule has 22 heavy (non-hydrogen) atoms. The Bertz CT molecular complexity index is 767. The summed E-state index contributed by atoms with van der Waals surface area (Å²) in [6.07, 6.45) is 0. The summed E-state index contributed by atoms with van der Waals surface area (Å²) in [4.78, 5) is 4.78. The van der Waals surface area contributed by atoms with Crippen LogP contribution in [0, 0.1) is 6.92 Å². The zero-order valence-electron chi connectivity index (χ0n) is 13.0. The van der Waals surface area contributed by atoms with Crippen molar-refractivity contribution in [2.24, 2.45) is 0 Å². The molecule has 114 valence electrons. The third-order valence-corrected chi connectivity index (χ3v) is 4.78. The standard InChI is InChI=1S/C18H20N2OS/c1-14-7-3-4-8-15(14)13-22-18-19-16-9-5-6-10-17(16)20(18)11-12-21-2/h3-10H,11-13H2,1-2H3. The lowest BCUT2D eigenvalue weighted by molar-refractivity contribution is 0.186. The highest BCUT2D eigenvalue weighted by Crippen LogP contribution is 2.27. The van der Waals surface area contributed by atoms with Gasteiger partial charge in [-0.05, 0) is 30.2 Å². The van der Waals surface area contributed by atoms with Crippen LogP contribution in [-0.2, 0) is 17.0 Å². The first-order valence-corrected chi connectivity index (χ1v) is 8.39. The Kier molecular flexibility index (Phi) is 4.80. The molecule has 3 rings (SSSR count). The number of nitrogens with zero attached hydrogens (tertiary/aromatic N) is 2. The lowest BCUT2D eigenvalue weighted by Gasteiger charge is -2.09. The number of imidazole rings is 1. The number of aryl methyl sites for hydroxylation is 1. The number of rotatable bonds is 6. The summed E-state index contributed by atoms with van der Waals surface area (Å²) in [6.45, 7) is 3.68. The van der Waals surface area contributed by atoms with Gasteiger partial charge in [-0.1, -0.05) is 48.2 Å². The Labute approximate surface area is 135 Å². The van der Waals surface area contributed by atoms with Gasteiger partial charge in [-0.3, -0.25) is 0 Å². The van der Waals surface area contributed by atoms with Gasteiger partial charge in [0.1, 0.15) is 0 Å². The Balaban J connectivity index is 1.87. The average molecular weight is 312 g/mol. The van der Waals surface area contributed by atoms with Gasteiger partial charge in [-0.25, -0.2) is 4.98 Å². The van der Waals surface area contributed by atoms with E-state index in [0.717, 1.165) is 23.0 Å². The van der Waals surface area contributed by atoms with Crippen LogP contribution < -0.4 is 0 Å². The number of methoxy groups -OCH3 is 1. The molecule has 0 saturated carbocycles. The molecule has 0 radical (unpaired) electrons. The monoisotopic (exact) mass is 312 g/mol. The van der Waals surface area contributed by atoms with E-state index in [1.54, 1.807) is 18.9 Å². The number of aromatic nitrogens is 2. The molecule has 0 saturated heterocycles. The van der Waals surface area contributed by atoms with Crippen LogP contribution in [0.1, 0.15) is 11.1 Å². The quantitative estimate of drug-likeness (QED) is 0.636. The highest BCUT2D eigenvalue weighted by molar-refractivity contribution is 7.98. The van der Waals surface area contributed by atoms with Crippen molar-refractivity contribution in [1.29, 1.82) is 0 Å². The number of thioether (sulfide) groups is 1. The summed E-state index contributed by atoms with van der Waals surface area (Å²) < 4.78 is 7.49. The largest absolute Gasteiger partial charge is 0.383 e. The maximum atomic E-state index is 5.24. The van der Waals surface area contributed by atoms with E-state index >= 15 is 0 Å². The normalized spacial score (nSPS) is 11.2. The van der Waals surface area contributed by atoms with Gasteiger partial charge < -0.3 is 9.30 Å². The van der Waals surface area contributed by atoms with Crippen molar-refractivity contribution < 1.29 is 4.74 Å².